The molecule has 1 aliphatic heterocycles. The highest BCUT2D eigenvalue weighted by Gasteiger charge is 2.36. The lowest BCUT2D eigenvalue weighted by atomic mass is 9.93. The molecule has 0 saturated carbocycles. The first-order valence-electron chi connectivity index (χ1n) is 13.5. The lowest BCUT2D eigenvalue weighted by molar-refractivity contribution is -0.139. The van der Waals surface area contributed by atoms with Gasteiger partial charge in [-0.15, -0.1) is 0 Å². The van der Waals surface area contributed by atoms with Gasteiger partial charge in [0, 0.05) is 27.2 Å². The monoisotopic (exact) mass is 648 g/mol. The molecule has 0 fully saturated rings. The molecule has 0 radical (unpaired) electrons. The van der Waals surface area contributed by atoms with Crippen molar-refractivity contribution in [3.63, 3.8) is 0 Å². The Kier molecular flexibility index (Phi) is 8.74. The van der Waals surface area contributed by atoms with Crippen molar-refractivity contribution in [2.24, 2.45) is 4.99 Å². The number of halogens is 1. The van der Waals surface area contributed by atoms with Gasteiger partial charge >= 0.3 is 5.97 Å². The van der Waals surface area contributed by atoms with Gasteiger partial charge in [0.2, 0.25) is 0 Å². The SMILES string of the molecule is CCCC1=C(C(=O)OCC)[C@@H](c2cc(Br)ccc2OC)n2c(s/c(=C/c3ccc(-c4ccc(C(C)=O)cc4)o3)c2=O)=N1. The molecule has 42 heavy (non-hydrogen) atoms. The quantitative estimate of drug-likeness (QED) is 0.168. The first kappa shape index (κ1) is 29.5. The Hall–Kier alpha value is -4.02. The maximum Gasteiger partial charge on any atom is 0.338 e. The zero-order chi connectivity index (χ0) is 30.0. The van der Waals surface area contributed by atoms with E-state index in [2.05, 4.69) is 15.9 Å². The van der Waals surface area contributed by atoms with Gasteiger partial charge in [0.1, 0.15) is 23.3 Å². The fourth-order valence-electron chi connectivity index (χ4n) is 4.92. The number of hydrogen-bond donors (Lipinski definition) is 0. The number of rotatable bonds is 9. The Morgan fingerprint density at radius 1 is 1.12 bits per heavy atom. The van der Waals surface area contributed by atoms with Crippen molar-refractivity contribution in [2.75, 3.05) is 13.7 Å². The predicted octanol–water partition coefficient (Wildman–Crippen LogP) is 5.81. The fraction of sp³-hybridized carbons (Fsp3) is 0.250. The van der Waals surface area contributed by atoms with Crippen molar-refractivity contribution < 1.29 is 23.5 Å². The van der Waals surface area contributed by atoms with E-state index in [0.29, 0.717) is 55.4 Å². The summed E-state index contributed by atoms with van der Waals surface area (Å²) in [7, 11) is 1.55. The van der Waals surface area contributed by atoms with Crippen LogP contribution in [0.25, 0.3) is 17.4 Å². The number of ether oxygens (including phenoxy) is 2. The maximum atomic E-state index is 14.0. The first-order chi connectivity index (χ1) is 20.2. The Bertz CT molecular complexity index is 1880. The molecule has 8 nitrogen and oxygen atoms in total. The lowest BCUT2D eigenvalue weighted by Crippen LogP contribution is -2.40. The lowest BCUT2D eigenvalue weighted by Gasteiger charge is -2.27. The summed E-state index contributed by atoms with van der Waals surface area (Å²) in [4.78, 5) is 44.4. The van der Waals surface area contributed by atoms with Crippen molar-refractivity contribution in [2.45, 2.75) is 39.7 Å². The molecule has 3 heterocycles. The van der Waals surface area contributed by atoms with Crippen LogP contribution in [-0.2, 0) is 9.53 Å². The molecule has 1 aliphatic rings. The number of esters is 1. The Morgan fingerprint density at radius 3 is 2.55 bits per heavy atom. The van der Waals surface area contributed by atoms with E-state index in [0.717, 1.165) is 16.5 Å². The number of thiazole rings is 1. The molecule has 1 atom stereocenters. The second-order valence-electron chi connectivity index (χ2n) is 9.64. The minimum atomic E-state index is -0.802. The number of hydrogen-bond acceptors (Lipinski definition) is 8. The summed E-state index contributed by atoms with van der Waals surface area (Å²) in [5.74, 6) is 1.10. The molecule has 0 unspecified atom stereocenters. The summed E-state index contributed by atoms with van der Waals surface area (Å²) in [5, 5.41) is 0. The van der Waals surface area contributed by atoms with E-state index in [-0.39, 0.29) is 17.9 Å². The fourth-order valence-corrected chi connectivity index (χ4v) is 6.30. The van der Waals surface area contributed by atoms with E-state index in [4.69, 9.17) is 18.9 Å². The number of benzene rings is 2. The molecule has 0 amide bonds. The third kappa shape index (κ3) is 5.69. The minimum Gasteiger partial charge on any atom is -0.496 e. The number of furan rings is 1. The van der Waals surface area contributed by atoms with E-state index in [1.54, 1.807) is 44.4 Å². The highest BCUT2D eigenvalue weighted by atomic mass is 79.9. The molecular weight excluding hydrogens is 620 g/mol. The topological polar surface area (TPSA) is 100 Å². The smallest absolute Gasteiger partial charge is 0.338 e. The molecule has 2 aromatic heterocycles. The van der Waals surface area contributed by atoms with Gasteiger partial charge in [-0.25, -0.2) is 9.79 Å². The van der Waals surface area contributed by atoms with Crippen molar-refractivity contribution >= 4 is 45.1 Å². The molecule has 216 valence electrons. The molecule has 0 N–H and O–H groups in total. The summed E-state index contributed by atoms with van der Waals surface area (Å²) < 4.78 is 19.9. The average Bonchev–Trinajstić information content (AvgIpc) is 3.57. The van der Waals surface area contributed by atoms with Crippen molar-refractivity contribution in [3.8, 4) is 17.1 Å². The minimum absolute atomic E-state index is 0.0101. The van der Waals surface area contributed by atoms with Crippen LogP contribution in [-0.4, -0.2) is 30.0 Å². The Balaban J connectivity index is 1.67. The number of fused-ring (bicyclic) bond motifs is 1. The maximum absolute atomic E-state index is 14.0. The summed E-state index contributed by atoms with van der Waals surface area (Å²) in [6.45, 7) is 5.47. The van der Waals surface area contributed by atoms with Crippen LogP contribution in [0.5, 0.6) is 5.75 Å². The molecular formula is C32H29BrN2O6S. The second-order valence-corrected chi connectivity index (χ2v) is 11.6. The van der Waals surface area contributed by atoms with Crippen molar-refractivity contribution in [1.82, 2.24) is 4.57 Å². The molecule has 4 aromatic rings. The molecule has 0 spiro atoms. The predicted molar refractivity (Wildman–Crippen MR) is 164 cm³/mol. The second kappa shape index (κ2) is 12.5. The van der Waals surface area contributed by atoms with E-state index in [1.165, 1.54) is 22.8 Å². The molecule has 2 aromatic carbocycles. The van der Waals surface area contributed by atoms with Gasteiger partial charge in [-0.2, -0.15) is 0 Å². The van der Waals surface area contributed by atoms with Gasteiger partial charge in [0.15, 0.2) is 10.6 Å². The highest BCUT2D eigenvalue weighted by molar-refractivity contribution is 9.10. The van der Waals surface area contributed by atoms with E-state index in [9.17, 15) is 14.4 Å². The number of aromatic nitrogens is 1. The highest BCUT2D eigenvalue weighted by Crippen LogP contribution is 2.38. The van der Waals surface area contributed by atoms with Crippen molar-refractivity contribution in [1.29, 1.82) is 0 Å². The Labute approximate surface area is 254 Å². The number of nitrogens with zero attached hydrogens (tertiary/aromatic N) is 2. The largest absolute Gasteiger partial charge is 0.496 e. The Morgan fingerprint density at radius 2 is 1.88 bits per heavy atom. The van der Waals surface area contributed by atoms with E-state index in [1.807, 2.05) is 37.3 Å². The van der Waals surface area contributed by atoms with Gasteiger partial charge in [-0.05, 0) is 50.6 Å². The van der Waals surface area contributed by atoms with Gasteiger partial charge < -0.3 is 13.9 Å². The van der Waals surface area contributed by atoms with Gasteiger partial charge in [0.25, 0.3) is 5.56 Å². The number of Topliss-reactive ketones (excluding diaryl/α,β-unsaturated/α-hetero) is 1. The summed E-state index contributed by atoms with van der Waals surface area (Å²) >= 11 is 4.77. The third-order valence-electron chi connectivity index (χ3n) is 6.85. The molecule has 0 saturated heterocycles. The van der Waals surface area contributed by atoms with Crippen LogP contribution in [0.3, 0.4) is 0 Å². The van der Waals surface area contributed by atoms with Crippen LogP contribution in [0.4, 0.5) is 0 Å². The van der Waals surface area contributed by atoms with Crippen LogP contribution in [0, 0.1) is 0 Å². The number of ketones is 1. The van der Waals surface area contributed by atoms with E-state index < -0.39 is 12.0 Å². The molecule has 5 rings (SSSR count). The van der Waals surface area contributed by atoms with Crippen LogP contribution in [0.2, 0.25) is 0 Å². The molecule has 0 bridgehead atoms. The summed E-state index contributed by atoms with van der Waals surface area (Å²) in [5.41, 5.74) is 2.67. The molecule has 10 heteroatoms. The van der Waals surface area contributed by atoms with E-state index >= 15 is 0 Å². The standard InChI is InChI=1S/C32H29BrN2O6S/c1-5-7-24-28(31(38)40-6-2)29(23-16-21(33)12-14-26(23)39-4)35-30(37)27(42-32(35)34-24)17-22-13-15-25(41-22)20-10-8-19(9-11-20)18(3)36/h8-17,29H,5-7H2,1-4H3/b27-17+/t29-/m1/s1. The summed E-state index contributed by atoms with van der Waals surface area (Å²) in [6.07, 6.45) is 2.97. The van der Waals surface area contributed by atoms with Crippen LogP contribution in [0.15, 0.2) is 84.5 Å². The number of carbonyl (C=O) groups excluding carboxylic acids is 2. The van der Waals surface area contributed by atoms with Crippen LogP contribution < -0.4 is 19.6 Å². The number of carbonyl (C=O) groups is 2. The summed E-state index contributed by atoms with van der Waals surface area (Å²) in [6, 6.07) is 15.4. The zero-order valence-electron chi connectivity index (χ0n) is 23.6. The van der Waals surface area contributed by atoms with Crippen molar-refractivity contribution in [3.05, 3.63) is 107 Å². The van der Waals surface area contributed by atoms with Gasteiger partial charge in [-0.3, -0.25) is 14.2 Å². The average molecular weight is 650 g/mol. The normalized spacial score (nSPS) is 14.9. The number of allylic oxidation sites excluding steroid dienone is 1. The van der Waals surface area contributed by atoms with Crippen LogP contribution >= 0.6 is 27.3 Å². The third-order valence-corrected chi connectivity index (χ3v) is 8.33. The molecule has 0 aliphatic carbocycles. The van der Waals surface area contributed by atoms with Gasteiger partial charge in [0.05, 0.1) is 29.5 Å². The zero-order valence-corrected chi connectivity index (χ0v) is 26.0. The van der Waals surface area contributed by atoms with Crippen LogP contribution in [0.1, 0.15) is 61.3 Å². The first-order valence-corrected chi connectivity index (χ1v) is 15.1. The number of methoxy groups -OCH3 is 1. The van der Waals surface area contributed by atoms with Gasteiger partial charge in [-0.1, -0.05) is 64.9 Å².